The van der Waals surface area contributed by atoms with Gasteiger partial charge in [0.25, 0.3) is 0 Å². The lowest BCUT2D eigenvalue weighted by Crippen LogP contribution is -2.11. The van der Waals surface area contributed by atoms with Crippen molar-refractivity contribution >= 4 is 7.60 Å². The Morgan fingerprint density at radius 1 is 1.33 bits per heavy atom. The van der Waals surface area contributed by atoms with Gasteiger partial charge < -0.3 is 14.2 Å². The van der Waals surface area contributed by atoms with Crippen LogP contribution in [0.15, 0.2) is 0 Å². The molecule has 1 N–H and O–H groups in total. The molecular formula is C7H17O4P. The van der Waals surface area contributed by atoms with Crippen molar-refractivity contribution < 1.29 is 18.7 Å². The minimum atomic E-state index is -3.03. The van der Waals surface area contributed by atoms with E-state index in [1.807, 2.05) is 0 Å². The number of hydrogen-bond acceptors (Lipinski definition) is 4. The second-order valence-electron chi connectivity index (χ2n) is 2.48. The molecule has 0 aliphatic heterocycles. The van der Waals surface area contributed by atoms with E-state index < -0.39 is 13.7 Å². The molecule has 0 spiro atoms. The summed E-state index contributed by atoms with van der Waals surface area (Å²) in [7, 11) is -3.03. The van der Waals surface area contributed by atoms with Gasteiger partial charge in [0.05, 0.1) is 25.5 Å². The molecule has 0 amide bonds. The number of hydrogen-bond donors (Lipinski definition) is 1. The predicted molar refractivity (Wildman–Crippen MR) is 47.4 cm³/mol. The van der Waals surface area contributed by atoms with Gasteiger partial charge in [0.15, 0.2) is 0 Å². The molecule has 0 radical (unpaired) electrons. The van der Waals surface area contributed by atoms with E-state index in [1.54, 1.807) is 20.8 Å². The molecule has 0 fully saturated rings. The van der Waals surface area contributed by atoms with E-state index >= 15 is 0 Å². The smallest absolute Gasteiger partial charge is 0.333 e. The monoisotopic (exact) mass is 196 g/mol. The second-order valence-corrected chi connectivity index (χ2v) is 4.58. The van der Waals surface area contributed by atoms with Gasteiger partial charge in [-0.1, -0.05) is 0 Å². The lowest BCUT2D eigenvalue weighted by Gasteiger charge is -2.17. The molecular weight excluding hydrogens is 179 g/mol. The SMILES string of the molecule is CCOP(=O)(CC(C)O)OCC. The molecule has 0 bridgehead atoms. The Labute approximate surface area is 73.4 Å². The van der Waals surface area contributed by atoms with Gasteiger partial charge >= 0.3 is 7.60 Å². The molecule has 0 aromatic carbocycles. The molecule has 0 aliphatic carbocycles. The van der Waals surface area contributed by atoms with Gasteiger partial charge in [-0.2, -0.15) is 0 Å². The Kier molecular flexibility index (Phi) is 5.76. The molecule has 0 aromatic heterocycles. The predicted octanol–water partition coefficient (Wildman–Crippen LogP) is 1.63. The van der Waals surface area contributed by atoms with E-state index in [-0.39, 0.29) is 6.16 Å². The van der Waals surface area contributed by atoms with Gasteiger partial charge in [-0.05, 0) is 20.8 Å². The van der Waals surface area contributed by atoms with E-state index in [1.165, 1.54) is 0 Å². The molecule has 5 heteroatoms. The van der Waals surface area contributed by atoms with Crippen LogP contribution >= 0.6 is 7.60 Å². The van der Waals surface area contributed by atoms with Crippen LogP contribution in [0.5, 0.6) is 0 Å². The van der Waals surface area contributed by atoms with Crippen LogP contribution in [-0.2, 0) is 13.6 Å². The number of aliphatic hydroxyl groups is 1. The summed E-state index contributed by atoms with van der Waals surface area (Å²) in [6.07, 6.45) is -0.594. The zero-order valence-electron chi connectivity index (χ0n) is 7.82. The number of aliphatic hydroxyl groups excluding tert-OH is 1. The van der Waals surface area contributed by atoms with Crippen molar-refractivity contribution in [3.63, 3.8) is 0 Å². The molecule has 74 valence electrons. The van der Waals surface area contributed by atoms with E-state index in [4.69, 9.17) is 14.2 Å². The van der Waals surface area contributed by atoms with Crippen LogP contribution in [0.4, 0.5) is 0 Å². The zero-order valence-corrected chi connectivity index (χ0v) is 8.71. The Bertz CT molecular complexity index is 147. The first-order chi connectivity index (χ1) is 5.54. The average Bonchev–Trinajstić information content (AvgIpc) is 1.85. The molecule has 0 aromatic rings. The van der Waals surface area contributed by atoms with E-state index in [0.29, 0.717) is 13.2 Å². The van der Waals surface area contributed by atoms with E-state index in [2.05, 4.69) is 0 Å². The summed E-state index contributed by atoms with van der Waals surface area (Å²) in [5, 5.41) is 9.01. The highest BCUT2D eigenvalue weighted by atomic mass is 31.2. The van der Waals surface area contributed by atoms with Crippen molar-refractivity contribution in [2.45, 2.75) is 26.9 Å². The molecule has 12 heavy (non-hydrogen) atoms. The summed E-state index contributed by atoms with van der Waals surface area (Å²) in [6.45, 7) is 5.72. The minimum Gasteiger partial charge on any atom is -0.393 e. The topological polar surface area (TPSA) is 55.8 Å². The van der Waals surface area contributed by atoms with Crippen LogP contribution in [0.2, 0.25) is 0 Å². The van der Waals surface area contributed by atoms with Crippen molar-refractivity contribution in [2.24, 2.45) is 0 Å². The van der Waals surface area contributed by atoms with Crippen molar-refractivity contribution in [3.8, 4) is 0 Å². The first-order valence-corrected chi connectivity index (χ1v) is 5.83. The summed E-state index contributed by atoms with van der Waals surface area (Å²) in [4.78, 5) is 0. The maximum atomic E-state index is 11.6. The third-order valence-corrected chi connectivity index (χ3v) is 3.42. The summed E-state index contributed by atoms with van der Waals surface area (Å²) in [5.41, 5.74) is 0. The Balaban J connectivity index is 4.08. The molecule has 4 nitrogen and oxygen atoms in total. The van der Waals surface area contributed by atoms with Gasteiger partial charge in [0, 0.05) is 0 Å². The average molecular weight is 196 g/mol. The summed E-state index contributed by atoms with van der Waals surface area (Å²) in [5.74, 6) is 0. The minimum absolute atomic E-state index is 0.0642. The highest BCUT2D eigenvalue weighted by Crippen LogP contribution is 2.48. The maximum absolute atomic E-state index is 11.6. The largest absolute Gasteiger partial charge is 0.393 e. The molecule has 1 unspecified atom stereocenters. The highest BCUT2D eigenvalue weighted by molar-refractivity contribution is 7.53. The Morgan fingerprint density at radius 2 is 1.75 bits per heavy atom. The standard InChI is InChI=1S/C7H17O4P/c1-4-10-12(9,11-5-2)6-7(3)8/h7-8H,4-6H2,1-3H3. The molecule has 0 aliphatic rings. The van der Waals surface area contributed by atoms with Crippen LogP contribution in [-0.4, -0.2) is 30.6 Å². The van der Waals surface area contributed by atoms with Crippen LogP contribution < -0.4 is 0 Å². The Hall–Kier alpha value is 0.110. The van der Waals surface area contributed by atoms with Crippen LogP contribution in [0.3, 0.4) is 0 Å². The van der Waals surface area contributed by atoms with Gasteiger partial charge in [0.2, 0.25) is 0 Å². The highest BCUT2D eigenvalue weighted by Gasteiger charge is 2.25. The van der Waals surface area contributed by atoms with Crippen molar-refractivity contribution in [1.29, 1.82) is 0 Å². The molecule has 0 heterocycles. The van der Waals surface area contributed by atoms with Crippen molar-refractivity contribution in [1.82, 2.24) is 0 Å². The molecule has 0 saturated heterocycles. The van der Waals surface area contributed by atoms with Crippen LogP contribution in [0, 0.1) is 0 Å². The van der Waals surface area contributed by atoms with Gasteiger partial charge in [0.1, 0.15) is 0 Å². The van der Waals surface area contributed by atoms with Gasteiger partial charge in [-0.3, -0.25) is 4.57 Å². The molecule has 0 rings (SSSR count). The lowest BCUT2D eigenvalue weighted by molar-refractivity contribution is 0.181. The zero-order chi connectivity index (χ0) is 9.61. The first kappa shape index (κ1) is 12.1. The fourth-order valence-electron chi connectivity index (χ4n) is 0.860. The fraction of sp³-hybridized carbons (Fsp3) is 1.00. The van der Waals surface area contributed by atoms with Gasteiger partial charge in [-0.25, -0.2) is 0 Å². The maximum Gasteiger partial charge on any atom is 0.333 e. The van der Waals surface area contributed by atoms with Crippen molar-refractivity contribution in [3.05, 3.63) is 0 Å². The summed E-state index contributed by atoms with van der Waals surface area (Å²) < 4.78 is 21.5. The quantitative estimate of drug-likeness (QED) is 0.656. The second kappa shape index (κ2) is 5.70. The summed E-state index contributed by atoms with van der Waals surface area (Å²) in [6, 6.07) is 0. The normalized spacial score (nSPS) is 14.7. The third kappa shape index (κ3) is 4.88. The van der Waals surface area contributed by atoms with Crippen molar-refractivity contribution in [2.75, 3.05) is 19.4 Å². The Morgan fingerprint density at radius 3 is 2.00 bits per heavy atom. The number of rotatable bonds is 6. The molecule has 1 atom stereocenters. The fourth-order valence-corrected chi connectivity index (χ4v) is 2.58. The van der Waals surface area contributed by atoms with Crippen LogP contribution in [0.1, 0.15) is 20.8 Å². The summed E-state index contributed by atoms with van der Waals surface area (Å²) >= 11 is 0. The van der Waals surface area contributed by atoms with Crippen LogP contribution in [0.25, 0.3) is 0 Å². The van der Waals surface area contributed by atoms with Gasteiger partial charge in [-0.15, -0.1) is 0 Å². The van der Waals surface area contributed by atoms with E-state index in [9.17, 15) is 4.57 Å². The first-order valence-electron chi connectivity index (χ1n) is 4.10. The van der Waals surface area contributed by atoms with E-state index in [0.717, 1.165) is 0 Å². The third-order valence-electron chi connectivity index (χ3n) is 1.14. The lowest BCUT2D eigenvalue weighted by atomic mass is 10.5. The molecule has 0 saturated carbocycles.